The Morgan fingerprint density at radius 1 is 1.28 bits per heavy atom. The second kappa shape index (κ2) is 9.25. The quantitative estimate of drug-likeness (QED) is 0.686. The van der Waals surface area contributed by atoms with Gasteiger partial charge < -0.3 is 5.32 Å². The van der Waals surface area contributed by atoms with Gasteiger partial charge in [0.05, 0.1) is 0 Å². The van der Waals surface area contributed by atoms with Gasteiger partial charge in [0.1, 0.15) is 0 Å². The molecule has 1 rings (SSSR count). The van der Waals surface area contributed by atoms with E-state index in [0.717, 1.165) is 23.1 Å². The second-order valence-electron chi connectivity index (χ2n) is 6.17. The first-order chi connectivity index (χ1) is 8.67. The van der Waals surface area contributed by atoms with Gasteiger partial charge in [-0.3, -0.25) is 0 Å². The fourth-order valence-corrected chi connectivity index (χ4v) is 4.53. The van der Waals surface area contributed by atoms with E-state index < -0.39 is 0 Å². The van der Waals surface area contributed by atoms with E-state index in [2.05, 4.69) is 44.8 Å². The van der Waals surface area contributed by atoms with E-state index in [0.29, 0.717) is 0 Å². The van der Waals surface area contributed by atoms with Gasteiger partial charge in [0.15, 0.2) is 0 Å². The summed E-state index contributed by atoms with van der Waals surface area (Å²) < 4.78 is 0. The van der Waals surface area contributed by atoms with Crippen LogP contribution in [0.3, 0.4) is 0 Å². The van der Waals surface area contributed by atoms with E-state index in [1.54, 1.807) is 0 Å². The Bertz CT molecular complexity index is 207. The van der Waals surface area contributed by atoms with E-state index in [1.807, 2.05) is 0 Å². The highest BCUT2D eigenvalue weighted by molar-refractivity contribution is 7.99. The lowest BCUT2D eigenvalue weighted by Gasteiger charge is -2.30. The average molecular weight is 272 g/mol. The summed E-state index contributed by atoms with van der Waals surface area (Å²) in [5.74, 6) is 3.08. The van der Waals surface area contributed by atoms with Crippen LogP contribution in [-0.4, -0.2) is 23.6 Å². The van der Waals surface area contributed by atoms with E-state index in [4.69, 9.17) is 0 Å². The molecule has 0 amide bonds. The molecule has 0 aromatic rings. The summed E-state index contributed by atoms with van der Waals surface area (Å²) in [5.41, 5.74) is 0. The van der Waals surface area contributed by atoms with Gasteiger partial charge in [0, 0.05) is 17.0 Å². The molecule has 4 atom stereocenters. The van der Waals surface area contributed by atoms with Crippen molar-refractivity contribution in [3.05, 3.63) is 0 Å². The third-order valence-electron chi connectivity index (χ3n) is 4.39. The molecule has 1 aliphatic rings. The molecular formula is C16H33NS. The maximum absolute atomic E-state index is 3.75. The van der Waals surface area contributed by atoms with Crippen molar-refractivity contribution in [2.24, 2.45) is 11.8 Å². The van der Waals surface area contributed by atoms with E-state index in [-0.39, 0.29) is 0 Å². The fourth-order valence-electron chi connectivity index (χ4n) is 2.81. The van der Waals surface area contributed by atoms with Crippen LogP contribution in [0.4, 0.5) is 0 Å². The van der Waals surface area contributed by atoms with Crippen molar-refractivity contribution in [1.82, 2.24) is 5.32 Å². The van der Waals surface area contributed by atoms with Gasteiger partial charge in [0.2, 0.25) is 0 Å². The summed E-state index contributed by atoms with van der Waals surface area (Å²) in [7, 11) is 0. The minimum atomic E-state index is 0.720. The lowest BCUT2D eigenvalue weighted by molar-refractivity contribution is 0.385. The van der Waals surface area contributed by atoms with Gasteiger partial charge in [-0.1, -0.05) is 47.0 Å². The summed E-state index contributed by atoms with van der Waals surface area (Å²) in [4.78, 5) is 0. The SMILES string of the molecule is CCCNC(CSC1CCCC(C)C1)C(C)CC. The van der Waals surface area contributed by atoms with Gasteiger partial charge in [0.25, 0.3) is 0 Å². The Morgan fingerprint density at radius 3 is 2.67 bits per heavy atom. The number of hydrogen-bond acceptors (Lipinski definition) is 2. The van der Waals surface area contributed by atoms with Crippen LogP contribution in [0.25, 0.3) is 0 Å². The van der Waals surface area contributed by atoms with Crippen LogP contribution in [0.2, 0.25) is 0 Å². The van der Waals surface area contributed by atoms with Crippen molar-refractivity contribution in [2.75, 3.05) is 12.3 Å². The molecule has 1 saturated carbocycles. The highest BCUT2D eigenvalue weighted by atomic mass is 32.2. The predicted molar refractivity (Wildman–Crippen MR) is 85.4 cm³/mol. The molecule has 4 unspecified atom stereocenters. The fraction of sp³-hybridized carbons (Fsp3) is 1.00. The van der Waals surface area contributed by atoms with Crippen LogP contribution in [0.5, 0.6) is 0 Å². The Hall–Kier alpha value is 0.310. The Labute approximate surface area is 119 Å². The molecule has 1 aliphatic carbocycles. The van der Waals surface area contributed by atoms with E-state index in [9.17, 15) is 0 Å². The highest BCUT2D eigenvalue weighted by Crippen LogP contribution is 2.32. The third-order valence-corrected chi connectivity index (χ3v) is 5.84. The monoisotopic (exact) mass is 271 g/mol. The molecule has 0 bridgehead atoms. The number of thioether (sulfide) groups is 1. The zero-order valence-corrected chi connectivity index (χ0v) is 13.7. The van der Waals surface area contributed by atoms with Crippen molar-refractivity contribution in [2.45, 2.75) is 77.5 Å². The summed E-state index contributed by atoms with van der Waals surface area (Å²) in [6, 6.07) is 0.720. The number of nitrogens with one attached hydrogen (secondary N) is 1. The number of hydrogen-bond donors (Lipinski definition) is 1. The molecule has 0 saturated heterocycles. The molecule has 2 heteroatoms. The summed E-state index contributed by atoms with van der Waals surface area (Å²) in [6.07, 6.45) is 8.36. The normalized spacial score (nSPS) is 28.0. The first-order valence-electron chi connectivity index (χ1n) is 8.02. The van der Waals surface area contributed by atoms with Crippen LogP contribution in [0.15, 0.2) is 0 Å². The molecule has 0 spiro atoms. The van der Waals surface area contributed by atoms with E-state index in [1.165, 1.54) is 50.8 Å². The van der Waals surface area contributed by atoms with Crippen LogP contribution < -0.4 is 5.32 Å². The molecule has 1 N–H and O–H groups in total. The van der Waals surface area contributed by atoms with Crippen molar-refractivity contribution in [3.63, 3.8) is 0 Å². The summed E-state index contributed by atoms with van der Waals surface area (Å²) in [6.45, 7) is 10.6. The Balaban J connectivity index is 2.30. The molecule has 0 heterocycles. The van der Waals surface area contributed by atoms with Crippen LogP contribution in [-0.2, 0) is 0 Å². The highest BCUT2D eigenvalue weighted by Gasteiger charge is 2.22. The first kappa shape index (κ1) is 16.4. The van der Waals surface area contributed by atoms with Gasteiger partial charge in [-0.25, -0.2) is 0 Å². The lowest BCUT2D eigenvalue weighted by Crippen LogP contribution is -2.38. The Morgan fingerprint density at radius 2 is 2.06 bits per heavy atom. The Kier molecular flexibility index (Phi) is 8.41. The molecular weight excluding hydrogens is 238 g/mol. The molecule has 0 aliphatic heterocycles. The van der Waals surface area contributed by atoms with E-state index >= 15 is 0 Å². The van der Waals surface area contributed by atoms with Crippen molar-refractivity contribution in [1.29, 1.82) is 0 Å². The number of rotatable bonds is 8. The summed E-state index contributed by atoms with van der Waals surface area (Å²) >= 11 is 2.24. The average Bonchev–Trinajstić information content (AvgIpc) is 2.38. The molecule has 1 nitrogen and oxygen atoms in total. The molecule has 1 fully saturated rings. The lowest BCUT2D eigenvalue weighted by atomic mass is 9.91. The smallest absolute Gasteiger partial charge is 0.0183 e. The van der Waals surface area contributed by atoms with Crippen molar-refractivity contribution < 1.29 is 0 Å². The first-order valence-corrected chi connectivity index (χ1v) is 9.07. The van der Waals surface area contributed by atoms with Crippen LogP contribution in [0.1, 0.15) is 66.2 Å². The van der Waals surface area contributed by atoms with Crippen LogP contribution in [0, 0.1) is 11.8 Å². The standard InChI is InChI=1S/C16H33NS/c1-5-10-17-16(14(4)6-2)12-18-15-9-7-8-13(3)11-15/h13-17H,5-12H2,1-4H3. The van der Waals surface area contributed by atoms with Gasteiger partial charge in [-0.05, 0) is 37.6 Å². The molecule has 0 aromatic heterocycles. The van der Waals surface area contributed by atoms with Gasteiger partial charge in [-0.2, -0.15) is 11.8 Å². The van der Waals surface area contributed by atoms with Crippen molar-refractivity contribution >= 4 is 11.8 Å². The summed E-state index contributed by atoms with van der Waals surface area (Å²) in [5, 5.41) is 4.68. The molecule has 18 heavy (non-hydrogen) atoms. The minimum absolute atomic E-state index is 0.720. The zero-order valence-electron chi connectivity index (χ0n) is 12.9. The second-order valence-corrected chi connectivity index (χ2v) is 7.51. The largest absolute Gasteiger partial charge is 0.313 e. The maximum Gasteiger partial charge on any atom is 0.0183 e. The molecule has 0 aromatic carbocycles. The maximum atomic E-state index is 3.75. The topological polar surface area (TPSA) is 12.0 Å². The zero-order chi connectivity index (χ0) is 13.4. The molecule has 108 valence electrons. The third kappa shape index (κ3) is 5.97. The predicted octanol–water partition coefficient (Wildman–Crippen LogP) is 4.71. The van der Waals surface area contributed by atoms with Crippen molar-refractivity contribution in [3.8, 4) is 0 Å². The van der Waals surface area contributed by atoms with Gasteiger partial charge >= 0.3 is 0 Å². The molecule has 0 radical (unpaired) electrons. The minimum Gasteiger partial charge on any atom is -0.313 e. The van der Waals surface area contributed by atoms with Gasteiger partial charge in [-0.15, -0.1) is 0 Å². The van der Waals surface area contributed by atoms with Crippen LogP contribution >= 0.6 is 11.8 Å².